The second kappa shape index (κ2) is 62.4. The largest absolute Gasteiger partial charge is 0.462 e. The summed E-state index contributed by atoms with van der Waals surface area (Å²) in [6, 6.07) is 0. The van der Waals surface area contributed by atoms with Crippen LogP contribution in [-0.2, 0) is 28.6 Å². The van der Waals surface area contributed by atoms with Crippen molar-refractivity contribution >= 4 is 17.9 Å². The minimum atomic E-state index is -0.799. The van der Waals surface area contributed by atoms with Crippen molar-refractivity contribution in [2.75, 3.05) is 13.2 Å². The summed E-state index contributed by atoms with van der Waals surface area (Å²) < 4.78 is 16.9. The van der Waals surface area contributed by atoms with Gasteiger partial charge in [0.05, 0.1) is 0 Å². The SMILES string of the molecule is CC/C=C\C/C=C\C/C=C\C/C=C\C/C=C\CCCCCCCCCCCCCC(=O)OCC(COC(=O)CCCCCCC/C=C\CCCCCC)OC(=O)CCCCCC/C=C\C/C=C\C/C=C\C/C=C\CC. The Bertz CT molecular complexity index is 1570. The summed E-state index contributed by atoms with van der Waals surface area (Å²) in [6.45, 7) is 6.38. The first-order valence-electron chi connectivity index (χ1n) is 31.0. The fourth-order valence-electron chi connectivity index (χ4n) is 8.34. The van der Waals surface area contributed by atoms with Crippen molar-refractivity contribution in [1.82, 2.24) is 0 Å². The van der Waals surface area contributed by atoms with E-state index in [1.165, 1.54) is 103 Å². The zero-order valence-corrected chi connectivity index (χ0v) is 48.8. The quantitative estimate of drug-likeness (QED) is 0.0261. The molecule has 0 radical (unpaired) electrons. The summed E-state index contributed by atoms with van der Waals surface area (Å²) in [4.78, 5) is 38.2. The first-order valence-corrected chi connectivity index (χ1v) is 31.0. The van der Waals surface area contributed by atoms with Crippen LogP contribution in [0.3, 0.4) is 0 Å². The van der Waals surface area contributed by atoms with E-state index in [1.807, 2.05) is 0 Å². The van der Waals surface area contributed by atoms with Crippen LogP contribution < -0.4 is 0 Å². The maximum absolute atomic E-state index is 12.9. The van der Waals surface area contributed by atoms with Crippen LogP contribution in [0.15, 0.2) is 122 Å². The second-order valence-electron chi connectivity index (χ2n) is 20.2. The predicted octanol–water partition coefficient (Wildman–Crippen LogP) is 21.2. The lowest BCUT2D eigenvalue weighted by Crippen LogP contribution is -2.30. The van der Waals surface area contributed by atoms with Gasteiger partial charge in [0.1, 0.15) is 13.2 Å². The van der Waals surface area contributed by atoms with Gasteiger partial charge >= 0.3 is 17.9 Å². The maximum Gasteiger partial charge on any atom is 0.306 e. The molecule has 0 bridgehead atoms. The molecule has 0 N–H and O–H groups in total. The van der Waals surface area contributed by atoms with Crippen LogP contribution in [0.2, 0.25) is 0 Å². The molecular formula is C69H114O6. The first kappa shape index (κ1) is 70.8. The number of hydrogen-bond acceptors (Lipinski definition) is 6. The van der Waals surface area contributed by atoms with Gasteiger partial charge in [-0.15, -0.1) is 0 Å². The zero-order valence-electron chi connectivity index (χ0n) is 48.8. The van der Waals surface area contributed by atoms with Crippen LogP contribution >= 0.6 is 0 Å². The third-order valence-electron chi connectivity index (χ3n) is 12.9. The number of allylic oxidation sites excluding steroid dienone is 20. The summed E-state index contributed by atoms with van der Waals surface area (Å²) in [5.74, 6) is -0.927. The van der Waals surface area contributed by atoms with E-state index >= 15 is 0 Å². The van der Waals surface area contributed by atoms with E-state index < -0.39 is 6.10 Å². The molecule has 0 fully saturated rings. The molecule has 0 aromatic rings. The third kappa shape index (κ3) is 60.6. The molecule has 426 valence electrons. The van der Waals surface area contributed by atoms with Crippen LogP contribution in [0.4, 0.5) is 0 Å². The standard InChI is InChI=1S/C69H114O6/c1-4-7-10-13-16-19-22-25-27-29-30-31-32-33-34-35-36-37-38-40-41-44-47-50-53-56-59-62-68(71)74-65-66(64-73-67(70)61-58-55-52-49-46-43-24-21-18-15-12-9-6-3)75-69(72)63-60-57-54-51-48-45-42-39-28-26-23-20-17-14-11-8-5-2/h7-8,10-11,16-17,19-21,24-28,30-31,33-34,42,45,66H,4-6,9,12-15,18,22-23,29,32,35-41,43-44,46-65H2,1-3H3/b10-7-,11-8-,19-16-,20-17-,24-21-,27-25-,28-26-,31-30-,34-33-,45-42-. The molecule has 0 rings (SSSR count). The minimum Gasteiger partial charge on any atom is -0.462 e. The van der Waals surface area contributed by atoms with Gasteiger partial charge in [0.15, 0.2) is 6.10 Å². The fourth-order valence-corrected chi connectivity index (χ4v) is 8.34. The van der Waals surface area contributed by atoms with E-state index in [1.54, 1.807) is 0 Å². The van der Waals surface area contributed by atoms with E-state index in [0.29, 0.717) is 19.3 Å². The molecule has 0 spiro atoms. The van der Waals surface area contributed by atoms with Gasteiger partial charge in [-0.3, -0.25) is 14.4 Å². The highest BCUT2D eigenvalue weighted by atomic mass is 16.6. The lowest BCUT2D eigenvalue weighted by molar-refractivity contribution is -0.167. The minimum absolute atomic E-state index is 0.0940. The lowest BCUT2D eigenvalue weighted by Gasteiger charge is -2.18. The van der Waals surface area contributed by atoms with Crippen molar-refractivity contribution in [3.63, 3.8) is 0 Å². The monoisotopic (exact) mass is 1040 g/mol. The molecule has 1 unspecified atom stereocenters. The van der Waals surface area contributed by atoms with Crippen molar-refractivity contribution in [3.05, 3.63) is 122 Å². The molecule has 6 heteroatoms. The topological polar surface area (TPSA) is 78.9 Å². The number of ether oxygens (including phenoxy) is 3. The zero-order chi connectivity index (χ0) is 54.3. The Labute approximate surface area is 462 Å². The van der Waals surface area contributed by atoms with Crippen molar-refractivity contribution < 1.29 is 28.6 Å². The molecule has 0 saturated carbocycles. The number of carbonyl (C=O) groups is 3. The Morgan fingerprint density at radius 2 is 0.520 bits per heavy atom. The average Bonchev–Trinajstić information content (AvgIpc) is 3.41. The van der Waals surface area contributed by atoms with Crippen LogP contribution in [0.25, 0.3) is 0 Å². The van der Waals surface area contributed by atoms with Crippen LogP contribution in [0.1, 0.15) is 278 Å². The van der Waals surface area contributed by atoms with Gasteiger partial charge in [-0.1, -0.05) is 251 Å². The van der Waals surface area contributed by atoms with E-state index in [2.05, 4.69) is 142 Å². The highest BCUT2D eigenvalue weighted by molar-refractivity contribution is 5.71. The van der Waals surface area contributed by atoms with Gasteiger partial charge in [0.2, 0.25) is 0 Å². The number of hydrogen-bond donors (Lipinski definition) is 0. The van der Waals surface area contributed by atoms with Gasteiger partial charge in [-0.2, -0.15) is 0 Å². The Morgan fingerprint density at radius 1 is 0.280 bits per heavy atom. The molecule has 0 aliphatic heterocycles. The van der Waals surface area contributed by atoms with Crippen molar-refractivity contribution in [3.8, 4) is 0 Å². The Kier molecular flexibility index (Phi) is 58.9. The van der Waals surface area contributed by atoms with E-state index in [4.69, 9.17) is 14.2 Å². The number of rotatable bonds is 55. The number of unbranched alkanes of at least 4 members (excludes halogenated alkanes) is 24. The Morgan fingerprint density at radius 3 is 0.827 bits per heavy atom. The van der Waals surface area contributed by atoms with E-state index in [-0.39, 0.29) is 31.1 Å². The molecule has 0 aliphatic carbocycles. The van der Waals surface area contributed by atoms with Crippen LogP contribution in [0, 0.1) is 0 Å². The number of carbonyl (C=O) groups excluding carboxylic acids is 3. The van der Waals surface area contributed by atoms with Crippen molar-refractivity contribution in [2.45, 2.75) is 284 Å². The van der Waals surface area contributed by atoms with E-state index in [0.717, 1.165) is 135 Å². The molecule has 75 heavy (non-hydrogen) atoms. The highest BCUT2D eigenvalue weighted by Gasteiger charge is 2.19. The summed E-state index contributed by atoms with van der Waals surface area (Å²) in [7, 11) is 0. The highest BCUT2D eigenvalue weighted by Crippen LogP contribution is 2.15. The number of esters is 3. The van der Waals surface area contributed by atoms with E-state index in [9.17, 15) is 14.4 Å². The van der Waals surface area contributed by atoms with Gasteiger partial charge in [-0.25, -0.2) is 0 Å². The summed E-state index contributed by atoms with van der Waals surface area (Å²) in [6.07, 6.45) is 86.3. The molecular weight excluding hydrogens is 925 g/mol. The van der Waals surface area contributed by atoms with Gasteiger partial charge < -0.3 is 14.2 Å². The smallest absolute Gasteiger partial charge is 0.306 e. The summed E-state index contributed by atoms with van der Waals surface area (Å²) in [5.41, 5.74) is 0. The van der Waals surface area contributed by atoms with Gasteiger partial charge in [0.25, 0.3) is 0 Å². The maximum atomic E-state index is 12.9. The Balaban J connectivity index is 4.34. The Hall–Kier alpha value is -4.19. The molecule has 0 aromatic carbocycles. The molecule has 0 amide bonds. The lowest BCUT2D eigenvalue weighted by atomic mass is 10.0. The normalized spacial score (nSPS) is 12.9. The molecule has 0 heterocycles. The average molecular weight is 1040 g/mol. The van der Waals surface area contributed by atoms with Crippen LogP contribution in [0.5, 0.6) is 0 Å². The molecule has 0 aromatic heterocycles. The first-order chi connectivity index (χ1) is 37.0. The van der Waals surface area contributed by atoms with Gasteiger partial charge in [0, 0.05) is 19.3 Å². The van der Waals surface area contributed by atoms with Crippen LogP contribution in [-0.4, -0.2) is 37.2 Å². The second-order valence-corrected chi connectivity index (χ2v) is 20.2. The molecule has 0 aliphatic rings. The summed E-state index contributed by atoms with van der Waals surface area (Å²) >= 11 is 0. The summed E-state index contributed by atoms with van der Waals surface area (Å²) in [5, 5.41) is 0. The third-order valence-corrected chi connectivity index (χ3v) is 12.9. The van der Waals surface area contributed by atoms with Gasteiger partial charge in [-0.05, 0) is 128 Å². The van der Waals surface area contributed by atoms with Crippen molar-refractivity contribution in [1.29, 1.82) is 0 Å². The predicted molar refractivity (Wildman–Crippen MR) is 325 cm³/mol. The molecule has 6 nitrogen and oxygen atoms in total. The molecule has 1 atom stereocenters. The van der Waals surface area contributed by atoms with Crippen molar-refractivity contribution in [2.24, 2.45) is 0 Å². The molecule has 0 saturated heterocycles. The fraction of sp³-hybridized carbons (Fsp3) is 0.667.